The lowest BCUT2D eigenvalue weighted by Crippen LogP contribution is -2.23. The van der Waals surface area contributed by atoms with Gasteiger partial charge in [-0.15, -0.1) is 0 Å². The largest absolute Gasteiger partial charge is 0.497 e. The quantitative estimate of drug-likeness (QED) is 0.611. The summed E-state index contributed by atoms with van der Waals surface area (Å²) in [7, 11) is 3.33. The fraction of sp³-hybridized carbons (Fsp3) is 0.318. The molecule has 0 spiro atoms. The van der Waals surface area contributed by atoms with Crippen molar-refractivity contribution in [3.05, 3.63) is 65.9 Å². The number of hydrogen-bond donors (Lipinski definition) is 0. The maximum atomic E-state index is 13.1. The van der Waals surface area contributed by atoms with E-state index in [4.69, 9.17) is 13.9 Å². The van der Waals surface area contributed by atoms with Crippen LogP contribution in [0, 0.1) is 5.82 Å². The molecule has 1 saturated heterocycles. The Balaban J connectivity index is 1.53. The van der Waals surface area contributed by atoms with Crippen molar-refractivity contribution >= 4 is 0 Å². The molecular weight excluding hydrogens is 359 g/mol. The zero-order chi connectivity index (χ0) is 19.5. The first-order chi connectivity index (χ1) is 13.7. The molecular formula is C22H23FN2O3. The van der Waals surface area contributed by atoms with Gasteiger partial charge >= 0.3 is 0 Å². The summed E-state index contributed by atoms with van der Waals surface area (Å²) < 4.78 is 29.9. The van der Waals surface area contributed by atoms with E-state index < -0.39 is 0 Å². The van der Waals surface area contributed by atoms with Crippen LogP contribution in [0.4, 0.5) is 4.39 Å². The van der Waals surface area contributed by atoms with E-state index in [2.05, 4.69) is 16.0 Å². The molecule has 1 aliphatic heterocycles. The molecule has 0 amide bonds. The number of halogens is 1. The van der Waals surface area contributed by atoms with E-state index in [0.717, 1.165) is 42.0 Å². The summed E-state index contributed by atoms with van der Waals surface area (Å²) in [6.07, 6.45) is 3.85. The predicted octanol–water partition coefficient (Wildman–Crippen LogP) is 4.84. The third-order valence-electron chi connectivity index (χ3n) is 5.18. The molecule has 146 valence electrons. The highest BCUT2D eigenvalue weighted by atomic mass is 19.1. The number of methoxy groups -OCH3 is 2. The third kappa shape index (κ3) is 3.73. The predicted molar refractivity (Wildman–Crippen MR) is 104 cm³/mol. The lowest BCUT2D eigenvalue weighted by atomic mass is 10.0. The van der Waals surface area contributed by atoms with Crippen LogP contribution in [-0.2, 0) is 6.54 Å². The minimum atomic E-state index is -0.267. The van der Waals surface area contributed by atoms with Crippen molar-refractivity contribution in [3.63, 3.8) is 0 Å². The number of nitrogens with zero attached hydrogens (tertiary/aromatic N) is 2. The number of oxazole rings is 1. The molecule has 0 N–H and O–H groups in total. The van der Waals surface area contributed by atoms with Crippen LogP contribution in [0.2, 0.25) is 0 Å². The first kappa shape index (κ1) is 18.5. The molecule has 1 fully saturated rings. The molecule has 0 bridgehead atoms. The maximum Gasteiger partial charge on any atom is 0.209 e. The summed E-state index contributed by atoms with van der Waals surface area (Å²) in [5, 5.41) is 0. The summed E-state index contributed by atoms with van der Waals surface area (Å²) in [6, 6.07) is 12.4. The number of rotatable bonds is 6. The molecule has 1 aliphatic rings. The van der Waals surface area contributed by atoms with Crippen LogP contribution in [-0.4, -0.2) is 30.6 Å². The van der Waals surface area contributed by atoms with Gasteiger partial charge in [-0.1, -0.05) is 6.07 Å². The Bertz CT molecular complexity index is 939. The summed E-state index contributed by atoms with van der Waals surface area (Å²) in [5.41, 5.74) is 1.96. The summed E-state index contributed by atoms with van der Waals surface area (Å²) in [5.74, 6) is 2.64. The molecule has 2 aromatic carbocycles. The normalized spacial score (nSPS) is 17.0. The van der Waals surface area contributed by atoms with Crippen molar-refractivity contribution in [1.82, 2.24) is 9.88 Å². The molecule has 0 saturated carbocycles. The topological polar surface area (TPSA) is 47.7 Å². The zero-order valence-corrected chi connectivity index (χ0v) is 16.0. The molecule has 0 radical (unpaired) electrons. The van der Waals surface area contributed by atoms with Gasteiger partial charge in [-0.2, -0.15) is 0 Å². The lowest BCUT2D eigenvalue weighted by Gasteiger charge is -2.25. The average molecular weight is 382 g/mol. The molecule has 0 aliphatic carbocycles. The van der Waals surface area contributed by atoms with Gasteiger partial charge in [0.05, 0.1) is 27.0 Å². The van der Waals surface area contributed by atoms with Crippen molar-refractivity contribution in [2.45, 2.75) is 25.4 Å². The minimum absolute atomic E-state index is 0.238. The molecule has 4 rings (SSSR count). The Morgan fingerprint density at radius 2 is 1.96 bits per heavy atom. The van der Waals surface area contributed by atoms with E-state index in [1.165, 1.54) is 12.1 Å². The molecule has 0 unspecified atom stereocenters. The molecule has 5 nitrogen and oxygen atoms in total. The highest BCUT2D eigenvalue weighted by Gasteiger charge is 2.29. The highest BCUT2D eigenvalue weighted by Crippen LogP contribution is 2.39. The second kappa shape index (κ2) is 8.02. The van der Waals surface area contributed by atoms with Crippen LogP contribution in [0.5, 0.6) is 11.5 Å². The second-order valence-corrected chi connectivity index (χ2v) is 6.86. The number of ether oxygens (including phenoxy) is 2. The van der Waals surface area contributed by atoms with Gasteiger partial charge in [-0.05, 0) is 49.7 Å². The molecule has 3 aromatic rings. The van der Waals surface area contributed by atoms with Gasteiger partial charge in [0.15, 0.2) is 5.76 Å². The van der Waals surface area contributed by atoms with Gasteiger partial charge in [0.1, 0.15) is 17.3 Å². The smallest absolute Gasteiger partial charge is 0.209 e. The van der Waals surface area contributed by atoms with Gasteiger partial charge in [0.2, 0.25) is 5.89 Å². The fourth-order valence-corrected chi connectivity index (χ4v) is 3.77. The van der Waals surface area contributed by atoms with Crippen molar-refractivity contribution < 1.29 is 18.3 Å². The number of hydrogen-bond acceptors (Lipinski definition) is 5. The monoisotopic (exact) mass is 382 g/mol. The van der Waals surface area contributed by atoms with E-state index in [1.54, 1.807) is 32.5 Å². The van der Waals surface area contributed by atoms with E-state index in [9.17, 15) is 4.39 Å². The Morgan fingerprint density at radius 1 is 1.14 bits per heavy atom. The number of aromatic nitrogens is 1. The van der Waals surface area contributed by atoms with Crippen LogP contribution in [0.15, 0.2) is 53.1 Å². The molecule has 6 heteroatoms. The Hall–Kier alpha value is -2.86. The first-order valence-corrected chi connectivity index (χ1v) is 9.34. The van der Waals surface area contributed by atoms with Gasteiger partial charge in [0.25, 0.3) is 0 Å². The summed E-state index contributed by atoms with van der Waals surface area (Å²) >= 11 is 0. The Morgan fingerprint density at radius 3 is 2.71 bits per heavy atom. The SMILES string of the molecule is COc1ccc([C@@H]2CCCN2Cc2ncc(-c3ccc(F)cc3)o2)c(OC)c1. The van der Waals surface area contributed by atoms with E-state index in [-0.39, 0.29) is 11.9 Å². The van der Waals surface area contributed by atoms with Crippen LogP contribution < -0.4 is 9.47 Å². The standard InChI is InChI=1S/C22H23FN2O3/c1-26-17-9-10-18(20(12-17)27-2)19-4-3-11-25(19)14-22-24-13-21(28-22)15-5-7-16(23)8-6-15/h5-10,12-13,19H,3-4,11,14H2,1-2H3/t19-/m0/s1. The third-order valence-corrected chi connectivity index (χ3v) is 5.18. The van der Waals surface area contributed by atoms with Crippen LogP contribution in [0.25, 0.3) is 11.3 Å². The van der Waals surface area contributed by atoms with E-state index >= 15 is 0 Å². The van der Waals surface area contributed by atoms with Crippen LogP contribution in [0.1, 0.15) is 30.3 Å². The number of benzene rings is 2. The van der Waals surface area contributed by atoms with Crippen LogP contribution >= 0.6 is 0 Å². The van der Waals surface area contributed by atoms with Crippen molar-refractivity contribution in [3.8, 4) is 22.8 Å². The van der Waals surface area contributed by atoms with Crippen molar-refractivity contribution in [1.29, 1.82) is 0 Å². The highest BCUT2D eigenvalue weighted by molar-refractivity contribution is 5.55. The molecule has 1 atom stereocenters. The molecule has 28 heavy (non-hydrogen) atoms. The lowest BCUT2D eigenvalue weighted by molar-refractivity contribution is 0.220. The first-order valence-electron chi connectivity index (χ1n) is 9.34. The maximum absolute atomic E-state index is 13.1. The molecule has 1 aromatic heterocycles. The van der Waals surface area contributed by atoms with Crippen molar-refractivity contribution in [2.24, 2.45) is 0 Å². The Kier molecular flexibility index (Phi) is 5.30. The zero-order valence-electron chi connectivity index (χ0n) is 16.0. The Labute approximate surface area is 163 Å². The van der Waals surface area contributed by atoms with Gasteiger partial charge in [0, 0.05) is 23.2 Å². The van der Waals surface area contributed by atoms with Gasteiger partial charge in [-0.3, -0.25) is 4.90 Å². The number of likely N-dealkylation sites (tertiary alicyclic amines) is 1. The van der Waals surface area contributed by atoms with E-state index in [0.29, 0.717) is 18.2 Å². The second-order valence-electron chi connectivity index (χ2n) is 6.86. The summed E-state index contributed by atoms with van der Waals surface area (Å²) in [4.78, 5) is 6.78. The average Bonchev–Trinajstić information content (AvgIpc) is 3.38. The van der Waals surface area contributed by atoms with E-state index in [1.807, 2.05) is 12.1 Å². The van der Waals surface area contributed by atoms with Crippen LogP contribution in [0.3, 0.4) is 0 Å². The fourth-order valence-electron chi connectivity index (χ4n) is 3.77. The van der Waals surface area contributed by atoms with Gasteiger partial charge < -0.3 is 13.9 Å². The molecule has 2 heterocycles. The minimum Gasteiger partial charge on any atom is -0.497 e. The van der Waals surface area contributed by atoms with Crippen molar-refractivity contribution in [2.75, 3.05) is 20.8 Å². The van der Waals surface area contributed by atoms with Gasteiger partial charge in [-0.25, -0.2) is 9.37 Å². The summed E-state index contributed by atoms with van der Waals surface area (Å²) in [6.45, 7) is 1.58.